The van der Waals surface area contributed by atoms with E-state index >= 15 is 0 Å². The van der Waals surface area contributed by atoms with Gasteiger partial charge in [0.05, 0.1) is 6.26 Å². The summed E-state index contributed by atoms with van der Waals surface area (Å²) in [4.78, 5) is 25.1. The van der Waals surface area contributed by atoms with E-state index in [1.165, 1.54) is 12.3 Å². The molecular formula is C12H16N2O3. The number of carbonyl (C=O) groups excluding carboxylic acids is 2. The molecule has 17 heavy (non-hydrogen) atoms. The van der Waals surface area contributed by atoms with Gasteiger partial charge in [0.2, 0.25) is 0 Å². The third-order valence-corrected chi connectivity index (χ3v) is 2.91. The molecule has 1 aromatic rings. The van der Waals surface area contributed by atoms with Crippen LogP contribution in [-0.2, 0) is 0 Å². The van der Waals surface area contributed by atoms with Gasteiger partial charge < -0.3 is 9.32 Å². The highest BCUT2D eigenvalue weighted by molar-refractivity contribution is 6.02. The van der Waals surface area contributed by atoms with E-state index in [0.29, 0.717) is 19.0 Å². The second kappa shape index (κ2) is 5.03. The lowest BCUT2D eigenvalue weighted by atomic mass is 10.0. The highest BCUT2D eigenvalue weighted by Gasteiger charge is 2.23. The van der Waals surface area contributed by atoms with E-state index in [4.69, 9.17) is 4.42 Å². The highest BCUT2D eigenvalue weighted by Crippen LogP contribution is 2.15. The summed E-state index contributed by atoms with van der Waals surface area (Å²) in [5, 5.41) is 2.33. The van der Waals surface area contributed by atoms with Crippen molar-refractivity contribution in [3.63, 3.8) is 0 Å². The van der Waals surface area contributed by atoms with Crippen molar-refractivity contribution in [3.8, 4) is 0 Å². The van der Waals surface area contributed by atoms with Gasteiger partial charge in [-0.2, -0.15) is 0 Å². The van der Waals surface area contributed by atoms with Gasteiger partial charge in [-0.3, -0.25) is 10.1 Å². The number of nitrogens with one attached hydrogen (secondary N) is 1. The molecule has 1 fully saturated rings. The molecule has 0 saturated carbocycles. The monoisotopic (exact) mass is 236 g/mol. The minimum Gasteiger partial charge on any atom is -0.459 e. The molecule has 2 rings (SSSR count). The lowest BCUT2D eigenvalue weighted by Crippen LogP contribution is -2.46. The number of piperidine rings is 1. The Kier molecular flexibility index (Phi) is 3.46. The molecule has 0 radical (unpaired) electrons. The summed E-state index contributed by atoms with van der Waals surface area (Å²) >= 11 is 0. The molecule has 1 aliphatic rings. The molecule has 3 amide bonds. The molecule has 0 spiro atoms. The Balaban J connectivity index is 1.90. The topological polar surface area (TPSA) is 62.6 Å². The molecule has 1 N–H and O–H groups in total. The quantitative estimate of drug-likeness (QED) is 0.809. The second-order valence-electron chi connectivity index (χ2n) is 4.43. The second-order valence-corrected chi connectivity index (χ2v) is 4.43. The van der Waals surface area contributed by atoms with Gasteiger partial charge in [0, 0.05) is 13.1 Å². The van der Waals surface area contributed by atoms with E-state index in [2.05, 4.69) is 12.2 Å². The lowest BCUT2D eigenvalue weighted by Gasteiger charge is -2.30. The maximum Gasteiger partial charge on any atom is 0.324 e. The van der Waals surface area contributed by atoms with Gasteiger partial charge >= 0.3 is 6.03 Å². The zero-order valence-electron chi connectivity index (χ0n) is 9.81. The molecule has 92 valence electrons. The number of rotatable bonds is 1. The Morgan fingerprint density at radius 2 is 2.35 bits per heavy atom. The first-order valence-electron chi connectivity index (χ1n) is 5.80. The van der Waals surface area contributed by atoms with Gasteiger partial charge in [-0.1, -0.05) is 6.92 Å². The van der Waals surface area contributed by atoms with Crippen LogP contribution < -0.4 is 5.32 Å². The molecule has 1 unspecified atom stereocenters. The molecule has 1 aliphatic heterocycles. The fourth-order valence-corrected chi connectivity index (χ4v) is 2.02. The molecule has 5 heteroatoms. The Morgan fingerprint density at radius 3 is 3.00 bits per heavy atom. The maximum atomic E-state index is 11.8. The Labute approximate surface area is 99.8 Å². The van der Waals surface area contributed by atoms with Crippen molar-refractivity contribution in [3.05, 3.63) is 24.2 Å². The van der Waals surface area contributed by atoms with Crippen LogP contribution in [0.25, 0.3) is 0 Å². The number of urea groups is 1. The van der Waals surface area contributed by atoms with Crippen LogP contribution in [0, 0.1) is 5.92 Å². The zero-order chi connectivity index (χ0) is 12.3. The largest absolute Gasteiger partial charge is 0.459 e. The Morgan fingerprint density at radius 1 is 1.53 bits per heavy atom. The normalized spacial score (nSPS) is 20.1. The number of furan rings is 1. The fourth-order valence-electron chi connectivity index (χ4n) is 2.02. The van der Waals surface area contributed by atoms with Crippen LogP contribution in [0.2, 0.25) is 0 Å². The van der Waals surface area contributed by atoms with Crippen molar-refractivity contribution in [1.29, 1.82) is 0 Å². The smallest absolute Gasteiger partial charge is 0.324 e. The van der Waals surface area contributed by atoms with Crippen LogP contribution in [0.3, 0.4) is 0 Å². The standard InChI is InChI=1S/C12H16N2O3/c1-9-4-2-6-14(8-9)12(16)13-11(15)10-5-3-7-17-10/h3,5,7,9H,2,4,6,8H2,1H3,(H,13,15,16). The van der Waals surface area contributed by atoms with Crippen molar-refractivity contribution >= 4 is 11.9 Å². The summed E-state index contributed by atoms with van der Waals surface area (Å²) in [5.74, 6) is 0.162. The predicted octanol–water partition coefficient (Wildman–Crippen LogP) is 1.86. The molecule has 0 bridgehead atoms. The van der Waals surface area contributed by atoms with Crippen molar-refractivity contribution in [2.45, 2.75) is 19.8 Å². The number of hydrogen-bond donors (Lipinski definition) is 1. The van der Waals surface area contributed by atoms with Crippen LogP contribution in [-0.4, -0.2) is 29.9 Å². The molecule has 0 aliphatic carbocycles. The van der Waals surface area contributed by atoms with Crippen molar-refractivity contribution in [1.82, 2.24) is 10.2 Å². The summed E-state index contributed by atoms with van der Waals surface area (Å²) in [7, 11) is 0. The Hall–Kier alpha value is -1.78. The number of nitrogens with zero attached hydrogens (tertiary/aromatic N) is 1. The summed E-state index contributed by atoms with van der Waals surface area (Å²) in [6.45, 7) is 3.52. The molecule has 0 aromatic carbocycles. The van der Waals surface area contributed by atoms with E-state index in [0.717, 1.165) is 12.8 Å². The molecule has 2 heterocycles. The molecule has 1 aromatic heterocycles. The highest BCUT2D eigenvalue weighted by atomic mass is 16.3. The average Bonchev–Trinajstić information content (AvgIpc) is 2.82. The molecular weight excluding hydrogens is 220 g/mol. The van der Waals surface area contributed by atoms with Crippen molar-refractivity contribution in [2.24, 2.45) is 5.92 Å². The minimum atomic E-state index is -0.488. The molecule has 5 nitrogen and oxygen atoms in total. The average molecular weight is 236 g/mol. The van der Waals surface area contributed by atoms with Crippen LogP contribution in [0.4, 0.5) is 4.79 Å². The van der Waals surface area contributed by atoms with Crippen LogP contribution >= 0.6 is 0 Å². The van der Waals surface area contributed by atoms with Crippen molar-refractivity contribution in [2.75, 3.05) is 13.1 Å². The summed E-state index contributed by atoms with van der Waals surface area (Å²) in [6.07, 6.45) is 3.53. The maximum absolute atomic E-state index is 11.8. The molecule has 1 atom stereocenters. The van der Waals surface area contributed by atoms with Gasteiger partial charge in [-0.25, -0.2) is 4.79 Å². The van der Waals surface area contributed by atoms with Gasteiger partial charge in [0.15, 0.2) is 5.76 Å². The van der Waals surface area contributed by atoms with Gasteiger partial charge in [0.1, 0.15) is 0 Å². The van der Waals surface area contributed by atoms with Gasteiger partial charge in [0.25, 0.3) is 5.91 Å². The van der Waals surface area contributed by atoms with Crippen LogP contribution in [0.1, 0.15) is 30.3 Å². The SMILES string of the molecule is CC1CCCN(C(=O)NC(=O)c2ccco2)C1. The number of amides is 3. The zero-order valence-corrected chi connectivity index (χ0v) is 9.81. The first-order valence-corrected chi connectivity index (χ1v) is 5.80. The number of carbonyl (C=O) groups is 2. The van der Waals surface area contributed by atoms with Crippen molar-refractivity contribution < 1.29 is 14.0 Å². The minimum absolute atomic E-state index is 0.156. The van der Waals surface area contributed by atoms with E-state index in [1.807, 2.05) is 0 Å². The number of hydrogen-bond acceptors (Lipinski definition) is 3. The van der Waals surface area contributed by atoms with Gasteiger partial charge in [-0.05, 0) is 30.9 Å². The predicted molar refractivity (Wildman–Crippen MR) is 61.5 cm³/mol. The van der Waals surface area contributed by atoms with E-state index < -0.39 is 5.91 Å². The number of imide groups is 1. The summed E-state index contributed by atoms with van der Waals surface area (Å²) < 4.78 is 4.92. The lowest BCUT2D eigenvalue weighted by molar-refractivity contribution is 0.0917. The Bertz CT molecular complexity index is 400. The van der Waals surface area contributed by atoms with E-state index in [-0.39, 0.29) is 11.8 Å². The first kappa shape index (κ1) is 11.7. The number of likely N-dealkylation sites (tertiary alicyclic amines) is 1. The van der Waals surface area contributed by atoms with E-state index in [1.54, 1.807) is 11.0 Å². The summed E-state index contributed by atoms with van der Waals surface area (Å²) in [6, 6.07) is 2.81. The fraction of sp³-hybridized carbons (Fsp3) is 0.500. The third kappa shape index (κ3) is 2.87. The van der Waals surface area contributed by atoms with E-state index in [9.17, 15) is 9.59 Å². The van der Waals surface area contributed by atoms with Crippen LogP contribution in [0.15, 0.2) is 22.8 Å². The summed E-state index contributed by atoms with van der Waals surface area (Å²) in [5.41, 5.74) is 0. The molecule has 1 saturated heterocycles. The third-order valence-electron chi connectivity index (χ3n) is 2.91. The van der Waals surface area contributed by atoms with Gasteiger partial charge in [-0.15, -0.1) is 0 Å². The van der Waals surface area contributed by atoms with Crippen LogP contribution in [0.5, 0.6) is 0 Å². The first-order chi connectivity index (χ1) is 8.16.